The molecule has 1 aromatic heterocycles. The Kier molecular flexibility index (Phi) is 4.46. The molecule has 0 amide bonds. The van der Waals surface area contributed by atoms with Crippen molar-refractivity contribution < 1.29 is 8.42 Å². The van der Waals surface area contributed by atoms with Crippen molar-refractivity contribution in [2.75, 3.05) is 11.9 Å². The van der Waals surface area contributed by atoms with Crippen LogP contribution in [-0.4, -0.2) is 15.0 Å². The molecule has 4 nitrogen and oxygen atoms in total. The third-order valence-corrected chi connectivity index (χ3v) is 4.77. The zero-order valence-corrected chi connectivity index (χ0v) is 12.4. The number of sulfonamides is 1. The predicted molar refractivity (Wildman–Crippen MR) is 79.3 cm³/mol. The molecular weight excluding hydrogens is 304 g/mol. The topological polar surface area (TPSA) is 72.2 Å². The lowest BCUT2D eigenvalue weighted by molar-refractivity contribution is 0.598. The second kappa shape index (κ2) is 5.92. The lowest BCUT2D eigenvalue weighted by Crippen LogP contribution is -2.15. The molecule has 2 rings (SSSR count). The van der Waals surface area contributed by atoms with E-state index < -0.39 is 10.0 Å². The number of nitrogens with two attached hydrogens (primary N) is 1. The van der Waals surface area contributed by atoms with Crippen LogP contribution in [0.3, 0.4) is 0 Å². The molecule has 1 heterocycles. The Balaban J connectivity index is 2.04. The van der Waals surface area contributed by atoms with Gasteiger partial charge in [0.15, 0.2) is 0 Å². The SMILES string of the molecule is NS(=O)(=O)c1ccccc1NCCc1ccc(Cl)s1. The summed E-state index contributed by atoms with van der Waals surface area (Å²) >= 11 is 7.36. The van der Waals surface area contributed by atoms with E-state index in [2.05, 4.69) is 5.32 Å². The van der Waals surface area contributed by atoms with Crippen molar-refractivity contribution in [1.29, 1.82) is 0 Å². The van der Waals surface area contributed by atoms with E-state index in [0.29, 0.717) is 12.2 Å². The number of thiophene rings is 1. The number of para-hydroxylation sites is 1. The third-order valence-electron chi connectivity index (χ3n) is 2.51. The normalized spacial score (nSPS) is 11.5. The summed E-state index contributed by atoms with van der Waals surface area (Å²) in [6.45, 7) is 0.614. The van der Waals surface area contributed by atoms with Gasteiger partial charge in [0.25, 0.3) is 0 Å². The number of halogens is 1. The summed E-state index contributed by atoms with van der Waals surface area (Å²) in [7, 11) is -3.71. The lowest BCUT2D eigenvalue weighted by Gasteiger charge is -2.09. The fraction of sp³-hybridized carbons (Fsp3) is 0.167. The van der Waals surface area contributed by atoms with Gasteiger partial charge in [0.1, 0.15) is 4.90 Å². The van der Waals surface area contributed by atoms with Gasteiger partial charge < -0.3 is 5.32 Å². The van der Waals surface area contributed by atoms with Crippen molar-refractivity contribution in [3.63, 3.8) is 0 Å². The van der Waals surface area contributed by atoms with Crippen molar-refractivity contribution in [3.8, 4) is 0 Å². The first-order chi connectivity index (χ1) is 8.97. The smallest absolute Gasteiger partial charge is 0.240 e. The quantitative estimate of drug-likeness (QED) is 0.891. The van der Waals surface area contributed by atoms with Gasteiger partial charge in [-0.15, -0.1) is 11.3 Å². The van der Waals surface area contributed by atoms with Crippen LogP contribution in [0.2, 0.25) is 4.34 Å². The third kappa shape index (κ3) is 3.94. The zero-order chi connectivity index (χ0) is 13.9. The Hall–Kier alpha value is -1.08. The first-order valence-corrected chi connectivity index (χ1v) is 8.31. The number of anilines is 1. The predicted octanol–water partition coefficient (Wildman–Crippen LogP) is 2.70. The molecule has 0 atom stereocenters. The molecule has 0 fully saturated rings. The van der Waals surface area contributed by atoms with Crippen molar-refractivity contribution >= 4 is 38.6 Å². The molecule has 0 spiro atoms. The van der Waals surface area contributed by atoms with Crippen LogP contribution >= 0.6 is 22.9 Å². The zero-order valence-electron chi connectivity index (χ0n) is 9.97. The van der Waals surface area contributed by atoms with Gasteiger partial charge in [0.05, 0.1) is 10.0 Å². The van der Waals surface area contributed by atoms with E-state index in [0.717, 1.165) is 15.6 Å². The largest absolute Gasteiger partial charge is 0.384 e. The van der Waals surface area contributed by atoms with Crippen LogP contribution in [0.1, 0.15) is 4.88 Å². The van der Waals surface area contributed by atoms with Crippen LogP contribution in [0.4, 0.5) is 5.69 Å². The Bertz CT molecular complexity index is 668. The average Bonchev–Trinajstić information content (AvgIpc) is 2.74. The minimum absolute atomic E-state index is 0.110. The van der Waals surface area contributed by atoms with Crippen molar-refractivity contribution in [3.05, 3.63) is 45.6 Å². The van der Waals surface area contributed by atoms with Gasteiger partial charge in [-0.2, -0.15) is 0 Å². The molecule has 0 aliphatic rings. The van der Waals surface area contributed by atoms with Crippen molar-refractivity contribution in [1.82, 2.24) is 0 Å². The summed E-state index contributed by atoms with van der Waals surface area (Å²) in [4.78, 5) is 1.25. The van der Waals surface area contributed by atoms with E-state index in [-0.39, 0.29) is 4.90 Å². The Morgan fingerprint density at radius 1 is 1.21 bits per heavy atom. The van der Waals surface area contributed by atoms with Gasteiger partial charge in [-0.3, -0.25) is 0 Å². The van der Waals surface area contributed by atoms with E-state index in [1.165, 1.54) is 17.4 Å². The molecule has 0 radical (unpaired) electrons. The number of rotatable bonds is 5. The Labute approximate surface area is 121 Å². The number of hydrogen-bond donors (Lipinski definition) is 2. The van der Waals surface area contributed by atoms with Gasteiger partial charge in [0.2, 0.25) is 10.0 Å². The highest BCUT2D eigenvalue weighted by atomic mass is 35.5. The van der Waals surface area contributed by atoms with Gasteiger partial charge in [-0.1, -0.05) is 23.7 Å². The maximum Gasteiger partial charge on any atom is 0.240 e. The molecule has 3 N–H and O–H groups in total. The minimum atomic E-state index is -3.71. The summed E-state index contributed by atoms with van der Waals surface area (Å²) in [5.74, 6) is 0. The second-order valence-corrected chi connectivity index (χ2v) is 7.25. The average molecular weight is 317 g/mol. The number of nitrogens with one attached hydrogen (secondary N) is 1. The Morgan fingerprint density at radius 2 is 1.95 bits per heavy atom. The number of benzene rings is 1. The molecule has 0 saturated heterocycles. The van der Waals surface area contributed by atoms with Crippen LogP contribution in [0.25, 0.3) is 0 Å². The van der Waals surface area contributed by atoms with Crippen molar-refractivity contribution in [2.24, 2.45) is 5.14 Å². The van der Waals surface area contributed by atoms with E-state index in [1.807, 2.05) is 12.1 Å². The maximum atomic E-state index is 11.4. The van der Waals surface area contributed by atoms with Crippen LogP contribution in [-0.2, 0) is 16.4 Å². The second-order valence-electron chi connectivity index (χ2n) is 3.92. The molecule has 0 aliphatic heterocycles. The molecule has 1 aromatic carbocycles. The van der Waals surface area contributed by atoms with Crippen molar-refractivity contribution in [2.45, 2.75) is 11.3 Å². The molecule has 7 heteroatoms. The van der Waals surface area contributed by atoms with E-state index >= 15 is 0 Å². The van der Waals surface area contributed by atoms with Crippen LogP contribution in [0.5, 0.6) is 0 Å². The molecule has 19 heavy (non-hydrogen) atoms. The first-order valence-electron chi connectivity index (χ1n) is 5.57. The van der Waals surface area contributed by atoms with Crippen LogP contribution in [0, 0.1) is 0 Å². The number of hydrogen-bond acceptors (Lipinski definition) is 4. The van der Waals surface area contributed by atoms with Gasteiger partial charge in [-0.05, 0) is 30.7 Å². The van der Waals surface area contributed by atoms with Gasteiger partial charge >= 0.3 is 0 Å². The summed E-state index contributed by atoms with van der Waals surface area (Å²) in [6.07, 6.45) is 0.774. The van der Waals surface area contributed by atoms with E-state index in [9.17, 15) is 8.42 Å². The molecule has 0 unspecified atom stereocenters. The summed E-state index contributed by atoms with van der Waals surface area (Å²) < 4.78 is 23.6. The van der Waals surface area contributed by atoms with Gasteiger partial charge in [-0.25, -0.2) is 13.6 Å². The number of primary sulfonamides is 1. The summed E-state index contributed by atoms with van der Waals surface area (Å²) in [6, 6.07) is 10.4. The molecule has 0 bridgehead atoms. The standard InChI is InChI=1S/C12H13ClN2O2S2/c13-12-6-5-9(18-12)7-8-15-10-3-1-2-4-11(10)19(14,16)17/h1-6,15H,7-8H2,(H2,14,16,17). The highest BCUT2D eigenvalue weighted by molar-refractivity contribution is 7.89. The molecule has 0 saturated carbocycles. The van der Waals surface area contributed by atoms with E-state index in [4.69, 9.17) is 16.7 Å². The molecular formula is C12H13ClN2O2S2. The molecule has 2 aromatic rings. The van der Waals surface area contributed by atoms with E-state index in [1.54, 1.807) is 18.2 Å². The maximum absolute atomic E-state index is 11.4. The fourth-order valence-corrected chi connectivity index (χ4v) is 3.47. The first kappa shape index (κ1) is 14.3. The molecule has 102 valence electrons. The van der Waals surface area contributed by atoms with Crippen LogP contribution < -0.4 is 10.5 Å². The molecule has 0 aliphatic carbocycles. The summed E-state index contributed by atoms with van der Waals surface area (Å²) in [5, 5.41) is 8.24. The lowest BCUT2D eigenvalue weighted by atomic mass is 10.3. The van der Waals surface area contributed by atoms with Gasteiger partial charge in [0, 0.05) is 11.4 Å². The highest BCUT2D eigenvalue weighted by Crippen LogP contribution is 2.23. The minimum Gasteiger partial charge on any atom is -0.384 e. The monoisotopic (exact) mass is 316 g/mol. The Morgan fingerprint density at radius 3 is 2.58 bits per heavy atom. The van der Waals surface area contributed by atoms with Crippen LogP contribution in [0.15, 0.2) is 41.3 Å². The highest BCUT2D eigenvalue weighted by Gasteiger charge is 2.12. The summed E-state index contributed by atoms with van der Waals surface area (Å²) in [5.41, 5.74) is 0.521. The fourth-order valence-electron chi connectivity index (χ4n) is 1.67.